The number of methoxy groups -OCH3 is 1. The van der Waals surface area contributed by atoms with E-state index < -0.39 is 0 Å². The van der Waals surface area contributed by atoms with Crippen LogP contribution in [0.25, 0.3) is 0 Å². The second-order valence-corrected chi connectivity index (χ2v) is 5.81. The standard InChI is InChI=1S/C15H21N3O2S/c1-9-8-10(2)17-14(12(9)13(16)21)18-7-5-4-6-11(18)15(19)20-3/h8,11H,4-7H2,1-3H3,(H2,16,21). The molecule has 0 radical (unpaired) electrons. The summed E-state index contributed by atoms with van der Waals surface area (Å²) in [7, 11) is 1.42. The molecule has 1 aliphatic heterocycles. The number of nitrogens with zero attached hydrogens (tertiary/aromatic N) is 2. The highest BCUT2D eigenvalue weighted by Crippen LogP contribution is 2.29. The van der Waals surface area contributed by atoms with Crippen LogP contribution in [0.5, 0.6) is 0 Å². The number of rotatable bonds is 3. The normalized spacial score (nSPS) is 18.4. The Morgan fingerprint density at radius 3 is 2.81 bits per heavy atom. The number of pyridine rings is 1. The monoisotopic (exact) mass is 307 g/mol. The molecule has 1 saturated heterocycles. The number of esters is 1. The lowest BCUT2D eigenvalue weighted by Gasteiger charge is -2.36. The zero-order valence-electron chi connectivity index (χ0n) is 12.7. The van der Waals surface area contributed by atoms with Crippen LogP contribution in [-0.2, 0) is 9.53 Å². The van der Waals surface area contributed by atoms with Gasteiger partial charge in [-0.2, -0.15) is 0 Å². The van der Waals surface area contributed by atoms with Crippen molar-refractivity contribution in [3.8, 4) is 0 Å². The second-order valence-electron chi connectivity index (χ2n) is 5.37. The molecule has 1 atom stereocenters. The van der Waals surface area contributed by atoms with Gasteiger partial charge in [0.25, 0.3) is 0 Å². The van der Waals surface area contributed by atoms with E-state index in [4.69, 9.17) is 22.7 Å². The third-order valence-electron chi connectivity index (χ3n) is 3.82. The highest BCUT2D eigenvalue weighted by atomic mass is 32.1. The highest BCUT2D eigenvalue weighted by molar-refractivity contribution is 7.80. The summed E-state index contributed by atoms with van der Waals surface area (Å²) in [6.07, 6.45) is 2.78. The molecule has 0 amide bonds. The van der Waals surface area contributed by atoms with E-state index in [2.05, 4.69) is 4.98 Å². The van der Waals surface area contributed by atoms with Gasteiger partial charge in [-0.3, -0.25) is 0 Å². The van der Waals surface area contributed by atoms with Crippen molar-refractivity contribution < 1.29 is 9.53 Å². The summed E-state index contributed by atoms with van der Waals surface area (Å²) < 4.78 is 4.93. The van der Waals surface area contributed by atoms with Gasteiger partial charge in [-0.1, -0.05) is 12.2 Å². The van der Waals surface area contributed by atoms with Crippen LogP contribution >= 0.6 is 12.2 Å². The molecule has 21 heavy (non-hydrogen) atoms. The van der Waals surface area contributed by atoms with Crippen LogP contribution in [0.4, 0.5) is 5.82 Å². The molecule has 2 N–H and O–H groups in total. The van der Waals surface area contributed by atoms with Crippen molar-refractivity contribution >= 4 is 29.0 Å². The Bertz CT molecular complexity index is 574. The summed E-state index contributed by atoms with van der Waals surface area (Å²) >= 11 is 5.18. The van der Waals surface area contributed by atoms with Crippen molar-refractivity contribution in [2.24, 2.45) is 5.73 Å². The fraction of sp³-hybridized carbons (Fsp3) is 0.533. The molecular formula is C15H21N3O2S. The van der Waals surface area contributed by atoms with Crippen LogP contribution in [0.1, 0.15) is 36.1 Å². The molecule has 0 saturated carbocycles. The molecule has 114 valence electrons. The van der Waals surface area contributed by atoms with Gasteiger partial charge < -0.3 is 15.4 Å². The van der Waals surface area contributed by atoms with Crippen molar-refractivity contribution in [1.29, 1.82) is 0 Å². The van der Waals surface area contributed by atoms with Gasteiger partial charge in [0.05, 0.1) is 12.7 Å². The van der Waals surface area contributed by atoms with E-state index in [1.54, 1.807) is 0 Å². The van der Waals surface area contributed by atoms with E-state index in [1.807, 2.05) is 24.8 Å². The Kier molecular flexibility index (Phi) is 4.77. The Balaban J connectivity index is 2.52. The van der Waals surface area contributed by atoms with Gasteiger partial charge in [-0.15, -0.1) is 0 Å². The number of hydrogen-bond acceptors (Lipinski definition) is 5. The number of nitrogens with two attached hydrogens (primary N) is 1. The molecular weight excluding hydrogens is 286 g/mol. The summed E-state index contributed by atoms with van der Waals surface area (Å²) in [6.45, 7) is 4.64. The minimum Gasteiger partial charge on any atom is -0.467 e. The molecule has 1 unspecified atom stereocenters. The van der Waals surface area contributed by atoms with Crippen molar-refractivity contribution in [3.63, 3.8) is 0 Å². The number of aromatic nitrogens is 1. The number of ether oxygens (including phenoxy) is 1. The first-order valence-electron chi connectivity index (χ1n) is 7.08. The average molecular weight is 307 g/mol. The van der Waals surface area contributed by atoms with E-state index in [0.717, 1.165) is 42.6 Å². The smallest absolute Gasteiger partial charge is 0.328 e. The first kappa shape index (κ1) is 15.7. The molecule has 5 nitrogen and oxygen atoms in total. The third-order valence-corrected chi connectivity index (χ3v) is 4.02. The van der Waals surface area contributed by atoms with Crippen molar-refractivity contribution in [2.45, 2.75) is 39.2 Å². The molecule has 0 aromatic carbocycles. The highest BCUT2D eigenvalue weighted by Gasteiger charge is 2.32. The number of aryl methyl sites for hydroxylation is 2. The fourth-order valence-electron chi connectivity index (χ4n) is 2.90. The lowest BCUT2D eigenvalue weighted by Crippen LogP contribution is -2.46. The number of carbonyl (C=O) groups is 1. The van der Waals surface area contributed by atoms with Crippen molar-refractivity contribution in [3.05, 3.63) is 22.9 Å². The van der Waals surface area contributed by atoms with Crippen LogP contribution in [0, 0.1) is 13.8 Å². The van der Waals surface area contributed by atoms with Crippen molar-refractivity contribution in [2.75, 3.05) is 18.6 Å². The molecule has 0 aliphatic carbocycles. The van der Waals surface area contributed by atoms with Crippen molar-refractivity contribution in [1.82, 2.24) is 4.98 Å². The van der Waals surface area contributed by atoms with Crippen LogP contribution in [0.2, 0.25) is 0 Å². The van der Waals surface area contributed by atoms with E-state index >= 15 is 0 Å². The van der Waals surface area contributed by atoms with Gasteiger partial charge in [0.1, 0.15) is 16.8 Å². The number of thiocarbonyl (C=S) groups is 1. The summed E-state index contributed by atoms with van der Waals surface area (Å²) in [6, 6.07) is 1.64. The lowest BCUT2D eigenvalue weighted by atomic mass is 10.00. The summed E-state index contributed by atoms with van der Waals surface area (Å²) in [4.78, 5) is 18.9. The van der Waals surface area contributed by atoms with Crippen LogP contribution in [0.15, 0.2) is 6.07 Å². The maximum Gasteiger partial charge on any atom is 0.328 e. The van der Waals surface area contributed by atoms with Gasteiger partial charge >= 0.3 is 5.97 Å². The topological polar surface area (TPSA) is 68.5 Å². The number of piperidine rings is 1. The predicted molar refractivity (Wildman–Crippen MR) is 86.6 cm³/mol. The maximum atomic E-state index is 12.0. The van der Waals surface area contributed by atoms with E-state index in [-0.39, 0.29) is 12.0 Å². The Morgan fingerprint density at radius 1 is 1.48 bits per heavy atom. The van der Waals surface area contributed by atoms with E-state index in [9.17, 15) is 4.79 Å². The quantitative estimate of drug-likeness (QED) is 0.679. The molecule has 2 heterocycles. The third kappa shape index (κ3) is 3.15. The van der Waals surface area contributed by atoms with Gasteiger partial charge in [-0.25, -0.2) is 9.78 Å². The largest absolute Gasteiger partial charge is 0.467 e. The van der Waals surface area contributed by atoms with Gasteiger partial charge in [0.2, 0.25) is 0 Å². The minimum atomic E-state index is -0.314. The zero-order valence-corrected chi connectivity index (χ0v) is 13.5. The first-order chi connectivity index (χ1) is 9.95. The summed E-state index contributed by atoms with van der Waals surface area (Å²) in [5, 5.41) is 0. The zero-order chi connectivity index (χ0) is 15.6. The maximum absolute atomic E-state index is 12.0. The number of hydrogen-bond donors (Lipinski definition) is 1. The van der Waals surface area contributed by atoms with Gasteiger partial charge in [0, 0.05) is 12.2 Å². The molecule has 0 spiro atoms. The van der Waals surface area contributed by atoms with Gasteiger partial charge in [-0.05, 0) is 44.7 Å². The van der Waals surface area contributed by atoms with Crippen LogP contribution in [-0.4, -0.2) is 35.6 Å². The van der Waals surface area contributed by atoms with Crippen LogP contribution in [0.3, 0.4) is 0 Å². The molecule has 1 aromatic heterocycles. The Labute approximate surface area is 130 Å². The van der Waals surface area contributed by atoms with Gasteiger partial charge in [0.15, 0.2) is 0 Å². The average Bonchev–Trinajstić information content (AvgIpc) is 2.45. The SMILES string of the molecule is COC(=O)C1CCCCN1c1nc(C)cc(C)c1C(N)=S. The lowest BCUT2D eigenvalue weighted by molar-refractivity contribution is -0.142. The summed E-state index contributed by atoms with van der Waals surface area (Å²) in [5.41, 5.74) is 8.50. The molecule has 2 rings (SSSR count). The Hall–Kier alpha value is -1.69. The first-order valence-corrected chi connectivity index (χ1v) is 7.49. The predicted octanol–water partition coefficient (Wildman–Crippen LogP) is 1.86. The molecule has 1 fully saturated rings. The second kappa shape index (κ2) is 6.39. The number of carbonyl (C=O) groups excluding carboxylic acids is 1. The molecule has 6 heteroatoms. The fourth-order valence-corrected chi connectivity index (χ4v) is 3.15. The minimum absolute atomic E-state index is 0.232. The van der Waals surface area contributed by atoms with E-state index in [1.165, 1.54) is 7.11 Å². The number of anilines is 1. The van der Waals surface area contributed by atoms with E-state index in [0.29, 0.717) is 10.8 Å². The Morgan fingerprint density at radius 2 is 2.19 bits per heavy atom. The molecule has 0 bridgehead atoms. The molecule has 1 aliphatic rings. The van der Waals surface area contributed by atoms with Crippen LogP contribution < -0.4 is 10.6 Å². The summed E-state index contributed by atoms with van der Waals surface area (Å²) in [5.74, 6) is 0.472. The molecule has 1 aromatic rings.